The highest BCUT2D eigenvalue weighted by atomic mass is 16.7. The Morgan fingerprint density at radius 2 is 1.88 bits per heavy atom. The van der Waals surface area contributed by atoms with E-state index in [-0.39, 0.29) is 47.7 Å². The quantitative estimate of drug-likeness (QED) is 0.497. The Morgan fingerprint density at radius 1 is 1.16 bits per heavy atom. The van der Waals surface area contributed by atoms with Gasteiger partial charge in [0.2, 0.25) is 5.91 Å². The van der Waals surface area contributed by atoms with Gasteiger partial charge in [0.15, 0.2) is 11.6 Å². The minimum atomic E-state index is -1.11. The number of carbonyl (C=O) groups is 2. The van der Waals surface area contributed by atoms with Crippen molar-refractivity contribution in [2.75, 3.05) is 0 Å². The Bertz CT molecular complexity index is 882. The topological polar surface area (TPSA) is 64.6 Å². The van der Waals surface area contributed by atoms with Crippen LogP contribution in [-0.2, 0) is 19.1 Å². The molecule has 0 aromatic carbocycles. The lowest BCUT2D eigenvalue weighted by molar-refractivity contribution is -0.145. The van der Waals surface area contributed by atoms with Gasteiger partial charge in [-0.2, -0.15) is 0 Å². The summed E-state index contributed by atoms with van der Waals surface area (Å²) in [5.41, 5.74) is 1.35. The summed E-state index contributed by atoms with van der Waals surface area (Å²) < 4.78 is 12.2. The average molecular weight is 442 g/mol. The number of nitrogens with one attached hydrogen (secondary N) is 1. The van der Waals surface area contributed by atoms with E-state index in [1.54, 1.807) is 6.08 Å². The van der Waals surface area contributed by atoms with E-state index in [0.717, 1.165) is 19.3 Å². The van der Waals surface area contributed by atoms with E-state index in [1.807, 2.05) is 19.9 Å². The molecule has 0 radical (unpaired) electrons. The minimum absolute atomic E-state index is 0.00224. The first-order valence-electron chi connectivity index (χ1n) is 12.2. The molecule has 0 unspecified atom stereocenters. The number of hydrogen-bond acceptors (Lipinski definition) is 4. The van der Waals surface area contributed by atoms with Crippen molar-refractivity contribution in [3.8, 4) is 0 Å². The molecule has 32 heavy (non-hydrogen) atoms. The van der Waals surface area contributed by atoms with Crippen LogP contribution in [0.2, 0.25) is 0 Å². The molecular formula is C27H39NO4. The van der Waals surface area contributed by atoms with Gasteiger partial charge in [-0.25, -0.2) is 0 Å². The van der Waals surface area contributed by atoms with Crippen LogP contribution in [0, 0.1) is 29.1 Å². The molecule has 2 fully saturated rings. The van der Waals surface area contributed by atoms with Crippen LogP contribution >= 0.6 is 0 Å². The fraction of sp³-hybridized carbons (Fsp3) is 0.704. The Hall–Kier alpha value is -1.72. The largest absolute Gasteiger partial charge is 0.352 e. The van der Waals surface area contributed by atoms with Crippen LogP contribution in [-0.4, -0.2) is 35.7 Å². The van der Waals surface area contributed by atoms with Crippen molar-refractivity contribution in [2.24, 2.45) is 29.1 Å². The first kappa shape index (κ1) is 23.4. The van der Waals surface area contributed by atoms with Crippen LogP contribution < -0.4 is 5.32 Å². The van der Waals surface area contributed by atoms with Crippen LogP contribution in [0.4, 0.5) is 0 Å². The zero-order valence-corrected chi connectivity index (χ0v) is 20.6. The lowest BCUT2D eigenvalue weighted by Crippen LogP contribution is -2.51. The lowest BCUT2D eigenvalue weighted by atomic mass is 9.55. The number of fused-ring (bicyclic) bond motifs is 1. The number of ether oxygens (including phenoxy) is 2. The highest BCUT2D eigenvalue weighted by Gasteiger charge is 2.65. The summed E-state index contributed by atoms with van der Waals surface area (Å²) >= 11 is 0. The Balaban J connectivity index is 1.84. The van der Waals surface area contributed by atoms with Crippen LogP contribution in [0.25, 0.3) is 0 Å². The van der Waals surface area contributed by atoms with Crippen molar-refractivity contribution in [3.05, 3.63) is 35.5 Å². The van der Waals surface area contributed by atoms with E-state index in [1.165, 1.54) is 11.1 Å². The van der Waals surface area contributed by atoms with Gasteiger partial charge in [-0.05, 0) is 70.9 Å². The summed E-state index contributed by atoms with van der Waals surface area (Å²) in [5.74, 6) is -0.624. The number of amides is 1. The smallest absolute Gasteiger partial charge is 0.235 e. The Morgan fingerprint density at radius 3 is 2.56 bits per heavy atom. The minimum Gasteiger partial charge on any atom is -0.352 e. The molecule has 2 aliphatic heterocycles. The zero-order chi connectivity index (χ0) is 23.4. The van der Waals surface area contributed by atoms with Gasteiger partial charge in [0.1, 0.15) is 11.5 Å². The van der Waals surface area contributed by atoms with Gasteiger partial charge in [-0.3, -0.25) is 9.59 Å². The summed E-state index contributed by atoms with van der Waals surface area (Å²) in [7, 11) is 0. The van der Waals surface area contributed by atoms with Gasteiger partial charge < -0.3 is 14.8 Å². The van der Waals surface area contributed by atoms with Crippen LogP contribution in [0.15, 0.2) is 35.5 Å². The Kier molecular flexibility index (Phi) is 6.04. The average Bonchev–Trinajstić information content (AvgIpc) is 3.14. The third-order valence-corrected chi connectivity index (χ3v) is 7.96. The second-order valence-electron chi connectivity index (χ2n) is 11.2. The molecule has 2 saturated heterocycles. The number of rotatable bonds is 2. The van der Waals surface area contributed by atoms with E-state index in [0.29, 0.717) is 5.92 Å². The second-order valence-corrected chi connectivity index (χ2v) is 11.2. The lowest BCUT2D eigenvalue weighted by Gasteiger charge is -2.44. The molecule has 0 aromatic heterocycles. The molecule has 2 heterocycles. The molecule has 1 N–H and O–H groups in total. The van der Waals surface area contributed by atoms with Gasteiger partial charge in [0.25, 0.3) is 0 Å². The van der Waals surface area contributed by atoms with Gasteiger partial charge >= 0.3 is 0 Å². The van der Waals surface area contributed by atoms with Crippen LogP contribution in [0.1, 0.15) is 67.7 Å². The number of ketones is 1. The monoisotopic (exact) mass is 441 g/mol. The van der Waals surface area contributed by atoms with Gasteiger partial charge in [0, 0.05) is 17.9 Å². The van der Waals surface area contributed by atoms with Crippen LogP contribution in [0.5, 0.6) is 0 Å². The Labute approximate surface area is 192 Å². The molecule has 2 aliphatic carbocycles. The molecule has 7 atom stereocenters. The van der Waals surface area contributed by atoms with Crippen molar-refractivity contribution in [3.63, 3.8) is 0 Å². The molecule has 4 rings (SSSR count). The predicted octanol–water partition coefficient (Wildman–Crippen LogP) is 4.73. The third-order valence-electron chi connectivity index (χ3n) is 7.96. The summed E-state index contributed by atoms with van der Waals surface area (Å²) in [6, 6.07) is -0.00224. The molecular weight excluding hydrogens is 402 g/mol. The maximum atomic E-state index is 14.0. The molecule has 1 spiro atoms. The molecule has 176 valence electrons. The fourth-order valence-corrected chi connectivity index (χ4v) is 6.48. The van der Waals surface area contributed by atoms with Crippen molar-refractivity contribution >= 4 is 11.7 Å². The van der Waals surface area contributed by atoms with E-state index < -0.39 is 11.2 Å². The molecule has 0 bridgehead atoms. The summed E-state index contributed by atoms with van der Waals surface area (Å²) in [6.07, 6.45) is 9.95. The SMILES string of the molecule is CC1=C[C@@H]2/C=C(\C)CC[C@H]3OC(C)(C)O[C@H]3/C=C/C(=O)[C@]23C(=O)N[C@@H](CC(C)C)[C@@H]3[C@@H]1C. The van der Waals surface area contributed by atoms with Gasteiger partial charge in [-0.1, -0.05) is 44.1 Å². The van der Waals surface area contributed by atoms with E-state index in [4.69, 9.17) is 9.47 Å². The van der Waals surface area contributed by atoms with E-state index in [2.05, 4.69) is 52.1 Å². The molecule has 1 amide bonds. The second kappa shape index (κ2) is 8.25. The summed E-state index contributed by atoms with van der Waals surface area (Å²) in [5, 5.41) is 3.26. The maximum Gasteiger partial charge on any atom is 0.235 e. The highest BCUT2D eigenvalue weighted by molar-refractivity contribution is 6.13. The molecule has 0 aromatic rings. The first-order chi connectivity index (χ1) is 15.0. The molecule has 4 aliphatic rings. The number of carbonyl (C=O) groups excluding carboxylic acids is 2. The fourth-order valence-electron chi connectivity index (χ4n) is 6.48. The van der Waals surface area contributed by atoms with E-state index in [9.17, 15) is 9.59 Å². The van der Waals surface area contributed by atoms with Crippen LogP contribution in [0.3, 0.4) is 0 Å². The first-order valence-corrected chi connectivity index (χ1v) is 12.2. The number of hydrogen-bond donors (Lipinski definition) is 1. The zero-order valence-electron chi connectivity index (χ0n) is 20.6. The van der Waals surface area contributed by atoms with Crippen molar-refractivity contribution in [1.29, 1.82) is 0 Å². The molecule has 5 nitrogen and oxygen atoms in total. The highest BCUT2D eigenvalue weighted by Crippen LogP contribution is 2.55. The van der Waals surface area contributed by atoms with E-state index >= 15 is 0 Å². The summed E-state index contributed by atoms with van der Waals surface area (Å²) in [4.78, 5) is 27.8. The van der Waals surface area contributed by atoms with Crippen molar-refractivity contribution in [1.82, 2.24) is 5.32 Å². The molecule has 0 saturated carbocycles. The third kappa shape index (κ3) is 3.81. The summed E-state index contributed by atoms with van der Waals surface area (Å²) in [6.45, 7) is 14.6. The predicted molar refractivity (Wildman–Crippen MR) is 125 cm³/mol. The molecule has 5 heteroatoms. The normalized spacial score (nSPS) is 43.9. The standard InChI is InChI=1S/C27H39NO4/c1-15(2)12-20-24-18(5)17(4)14-19-13-16(3)8-9-21-22(32-26(6,7)31-21)10-11-23(29)27(19,24)25(30)28-20/h10-11,13-15,18-22,24H,8-9,12H2,1-7H3,(H,28,30)/b11-10+,16-13+/t18-,19+,20+,21-,22+,24+,27-/m1/s1. The van der Waals surface area contributed by atoms with Crippen molar-refractivity contribution in [2.45, 2.75) is 91.8 Å². The van der Waals surface area contributed by atoms with Crippen molar-refractivity contribution < 1.29 is 19.1 Å². The van der Waals surface area contributed by atoms with Gasteiger partial charge in [0.05, 0.1) is 6.10 Å². The maximum absolute atomic E-state index is 14.0. The number of allylic oxidation sites excluding steroid dienone is 5. The van der Waals surface area contributed by atoms with Gasteiger partial charge in [-0.15, -0.1) is 0 Å².